The second kappa shape index (κ2) is 10.5. The van der Waals surface area contributed by atoms with Crippen LogP contribution in [0.1, 0.15) is 16.7 Å². The zero-order valence-corrected chi connectivity index (χ0v) is 15.8. The Morgan fingerprint density at radius 1 is 1.12 bits per heavy atom. The minimum Gasteiger partial charge on any atom is -0.467 e. The summed E-state index contributed by atoms with van der Waals surface area (Å²) >= 11 is 3.54. The maximum absolute atomic E-state index is 5.89. The van der Waals surface area contributed by atoms with Gasteiger partial charge in [0.1, 0.15) is 5.75 Å². The number of nitrogens with one attached hydrogen (secondary N) is 1. The largest absolute Gasteiger partial charge is 0.467 e. The molecule has 2 rings (SSSR count). The molecule has 0 saturated heterocycles. The summed E-state index contributed by atoms with van der Waals surface area (Å²) in [5.41, 5.74) is 3.31. The fourth-order valence-electron chi connectivity index (χ4n) is 2.37. The molecule has 0 bridgehead atoms. The number of benzene rings is 2. The van der Waals surface area contributed by atoms with Crippen LogP contribution in [0.15, 0.2) is 46.9 Å². The van der Waals surface area contributed by atoms with Gasteiger partial charge in [-0.25, -0.2) is 0 Å². The summed E-state index contributed by atoms with van der Waals surface area (Å²) in [6.07, 6.45) is 0. The topological polar surface area (TPSA) is 39.7 Å². The standard InChI is InChI=1S/C19H24BrNO3/c1-15-10-18(20)11-17(12-21-8-9-22-2)19(15)24-14-23-13-16-6-4-3-5-7-16/h3-7,10-11,21H,8-9,12-14H2,1-2H3. The van der Waals surface area contributed by atoms with Crippen LogP contribution in [-0.2, 0) is 22.6 Å². The molecule has 130 valence electrons. The van der Waals surface area contributed by atoms with Crippen LogP contribution in [0.4, 0.5) is 0 Å². The molecule has 0 fully saturated rings. The maximum atomic E-state index is 5.89. The SMILES string of the molecule is COCCNCc1cc(Br)cc(C)c1OCOCc1ccccc1. The van der Waals surface area contributed by atoms with E-state index in [-0.39, 0.29) is 6.79 Å². The Bertz CT molecular complexity index is 620. The molecule has 0 spiro atoms. The van der Waals surface area contributed by atoms with Gasteiger partial charge in [-0.15, -0.1) is 0 Å². The lowest BCUT2D eigenvalue weighted by Crippen LogP contribution is -2.19. The van der Waals surface area contributed by atoms with Gasteiger partial charge in [-0.2, -0.15) is 0 Å². The lowest BCUT2D eigenvalue weighted by Gasteiger charge is -2.16. The molecule has 4 nitrogen and oxygen atoms in total. The number of hydrogen-bond acceptors (Lipinski definition) is 4. The Kier molecular flexibility index (Phi) is 8.25. The van der Waals surface area contributed by atoms with Gasteiger partial charge in [-0.1, -0.05) is 46.3 Å². The quantitative estimate of drug-likeness (QED) is 0.488. The first-order valence-electron chi connectivity index (χ1n) is 7.94. The summed E-state index contributed by atoms with van der Waals surface area (Å²) < 4.78 is 17.6. The van der Waals surface area contributed by atoms with E-state index in [1.807, 2.05) is 43.3 Å². The normalized spacial score (nSPS) is 10.8. The molecular weight excluding hydrogens is 370 g/mol. The highest BCUT2D eigenvalue weighted by atomic mass is 79.9. The third-order valence-corrected chi connectivity index (χ3v) is 3.97. The van der Waals surface area contributed by atoms with E-state index in [0.717, 1.165) is 40.0 Å². The average Bonchev–Trinajstić information content (AvgIpc) is 2.58. The summed E-state index contributed by atoms with van der Waals surface area (Å²) in [4.78, 5) is 0. The van der Waals surface area contributed by atoms with Gasteiger partial charge in [-0.3, -0.25) is 0 Å². The fourth-order valence-corrected chi connectivity index (χ4v) is 2.99. The molecule has 0 unspecified atom stereocenters. The second-order valence-electron chi connectivity index (χ2n) is 5.48. The molecule has 0 aliphatic carbocycles. The molecule has 0 aliphatic heterocycles. The third kappa shape index (κ3) is 6.24. The zero-order valence-electron chi connectivity index (χ0n) is 14.2. The molecule has 1 N–H and O–H groups in total. The molecule has 0 amide bonds. The number of rotatable bonds is 10. The molecular formula is C19H24BrNO3. The van der Waals surface area contributed by atoms with Crippen molar-refractivity contribution >= 4 is 15.9 Å². The van der Waals surface area contributed by atoms with Gasteiger partial charge in [-0.05, 0) is 30.2 Å². The maximum Gasteiger partial charge on any atom is 0.189 e. The third-order valence-electron chi connectivity index (χ3n) is 3.51. The van der Waals surface area contributed by atoms with E-state index < -0.39 is 0 Å². The van der Waals surface area contributed by atoms with E-state index in [4.69, 9.17) is 14.2 Å². The Balaban J connectivity index is 1.90. The molecule has 0 saturated carbocycles. The molecule has 2 aromatic rings. The number of halogens is 1. The highest BCUT2D eigenvalue weighted by molar-refractivity contribution is 9.10. The molecule has 0 heterocycles. The van der Waals surface area contributed by atoms with Crippen LogP contribution in [0.3, 0.4) is 0 Å². The minimum atomic E-state index is 0.225. The first-order chi connectivity index (χ1) is 11.7. The first-order valence-corrected chi connectivity index (χ1v) is 8.73. The summed E-state index contributed by atoms with van der Waals surface area (Å²) in [7, 11) is 1.70. The number of aryl methyl sites for hydroxylation is 1. The Morgan fingerprint density at radius 2 is 1.92 bits per heavy atom. The van der Waals surface area contributed by atoms with E-state index in [1.165, 1.54) is 0 Å². The average molecular weight is 394 g/mol. The van der Waals surface area contributed by atoms with Gasteiger partial charge < -0.3 is 19.5 Å². The zero-order chi connectivity index (χ0) is 17.2. The van der Waals surface area contributed by atoms with Crippen LogP contribution in [0.5, 0.6) is 5.75 Å². The number of ether oxygens (including phenoxy) is 3. The van der Waals surface area contributed by atoms with Crippen LogP contribution in [-0.4, -0.2) is 27.1 Å². The molecule has 24 heavy (non-hydrogen) atoms. The first kappa shape index (κ1) is 18.9. The summed E-state index contributed by atoms with van der Waals surface area (Å²) in [5.74, 6) is 0.871. The number of hydrogen-bond donors (Lipinski definition) is 1. The summed E-state index contributed by atoms with van der Waals surface area (Å²) in [6.45, 7) is 5.00. The lowest BCUT2D eigenvalue weighted by molar-refractivity contribution is 0.00410. The lowest BCUT2D eigenvalue weighted by atomic mass is 10.1. The highest BCUT2D eigenvalue weighted by Crippen LogP contribution is 2.28. The van der Waals surface area contributed by atoms with Crippen LogP contribution < -0.4 is 10.1 Å². The fraction of sp³-hybridized carbons (Fsp3) is 0.368. The van der Waals surface area contributed by atoms with Crippen LogP contribution >= 0.6 is 15.9 Å². The van der Waals surface area contributed by atoms with Crippen molar-refractivity contribution in [1.82, 2.24) is 5.32 Å². The molecule has 0 radical (unpaired) electrons. The highest BCUT2D eigenvalue weighted by Gasteiger charge is 2.09. The Morgan fingerprint density at radius 3 is 2.67 bits per heavy atom. The van der Waals surface area contributed by atoms with Gasteiger partial charge >= 0.3 is 0 Å². The van der Waals surface area contributed by atoms with Gasteiger partial charge in [0.05, 0.1) is 13.2 Å². The van der Waals surface area contributed by atoms with E-state index in [1.54, 1.807) is 7.11 Å². The van der Waals surface area contributed by atoms with E-state index in [9.17, 15) is 0 Å². The van der Waals surface area contributed by atoms with Gasteiger partial charge in [0.25, 0.3) is 0 Å². The van der Waals surface area contributed by atoms with Crippen molar-refractivity contribution < 1.29 is 14.2 Å². The van der Waals surface area contributed by atoms with Crippen molar-refractivity contribution in [2.75, 3.05) is 27.1 Å². The van der Waals surface area contributed by atoms with Crippen LogP contribution in [0.25, 0.3) is 0 Å². The molecule has 0 aromatic heterocycles. The summed E-state index contributed by atoms with van der Waals surface area (Å²) in [6, 6.07) is 14.2. The van der Waals surface area contributed by atoms with Gasteiger partial charge in [0.15, 0.2) is 6.79 Å². The van der Waals surface area contributed by atoms with Crippen molar-refractivity contribution in [1.29, 1.82) is 0 Å². The molecule has 0 atom stereocenters. The van der Waals surface area contributed by atoms with Crippen molar-refractivity contribution in [2.45, 2.75) is 20.1 Å². The smallest absolute Gasteiger partial charge is 0.189 e. The predicted molar refractivity (Wildman–Crippen MR) is 99.2 cm³/mol. The summed E-state index contributed by atoms with van der Waals surface area (Å²) in [5, 5.41) is 3.35. The van der Waals surface area contributed by atoms with Crippen molar-refractivity contribution in [2.24, 2.45) is 0 Å². The van der Waals surface area contributed by atoms with E-state index >= 15 is 0 Å². The number of methoxy groups -OCH3 is 1. The Labute approximate surface area is 152 Å². The molecule has 0 aliphatic rings. The van der Waals surface area contributed by atoms with E-state index in [2.05, 4.69) is 27.3 Å². The van der Waals surface area contributed by atoms with E-state index in [0.29, 0.717) is 13.2 Å². The molecule has 2 aromatic carbocycles. The van der Waals surface area contributed by atoms with Crippen LogP contribution in [0, 0.1) is 6.92 Å². The van der Waals surface area contributed by atoms with Crippen molar-refractivity contribution in [3.63, 3.8) is 0 Å². The monoisotopic (exact) mass is 393 g/mol. The van der Waals surface area contributed by atoms with Gasteiger partial charge in [0, 0.05) is 30.2 Å². The Hall–Kier alpha value is -1.40. The van der Waals surface area contributed by atoms with Gasteiger partial charge in [0.2, 0.25) is 0 Å². The second-order valence-corrected chi connectivity index (χ2v) is 6.39. The van der Waals surface area contributed by atoms with Crippen molar-refractivity contribution in [3.05, 3.63) is 63.6 Å². The predicted octanol–water partition coefficient (Wildman–Crippen LogP) is 4.05. The minimum absolute atomic E-state index is 0.225. The van der Waals surface area contributed by atoms with Crippen molar-refractivity contribution in [3.8, 4) is 5.75 Å². The molecule has 5 heteroatoms. The van der Waals surface area contributed by atoms with Crippen LogP contribution in [0.2, 0.25) is 0 Å².